The molecule has 0 fully saturated rings. The van der Waals surface area contributed by atoms with Gasteiger partial charge in [-0.25, -0.2) is 0 Å². The fourth-order valence-corrected chi connectivity index (χ4v) is 2.36. The van der Waals surface area contributed by atoms with Crippen molar-refractivity contribution in [3.05, 3.63) is 65.6 Å². The van der Waals surface area contributed by atoms with E-state index in [2.05, 4.69) is 52.1 Å². The number of benzene rings is 1. The number of aryl methyl sites for hydroxylation is 1. The molecule has 96 valence electrons. The van der Waals surface area contributed by atoms with E-state index in [0.29, 0.717) is 6.54 Å². The van der Waals surface area contributed by atoms with E-state index in [0.717, 1.165) is 23.5 Å². The Morgan fingerprint density at radius 2 is 2.05 bits per heavy atom. The van der Waals surface area contributed by atoms with Crippen LogP contribution in [0.15, 0.2) is 48.7 Å². The van der Waals surface area contributed by atoms with E-state index in [1.54, 1.807) is 0 Å². The molecule has 0 aliphatic carbocycles. The molecule has 3 aromatic rings. The quantitative estimate of drug-likeness (QED) is 0.778. The summed E-state index contributed by atoms with van der Waals surface area (Å²) in [6.45, 7) is 3.38. The molecule has 3 heteroatoms. The Labute approximate surface area is 112 Å². The van der Waals surface area contributed by atoms with Crippen LogP contribution in [0.2, 0.25) is 0 Å². The van der Waals surface area contributed by atoms with Crippen LogP contribution >= 0.6 is 0 Å². The minimum atomic E-state index is 0.573. The Bertz CT molecular complexity index is 713. The van der Waals surface area contributed by atoms with Gasteiger partial charge in [0, 0.05) is 24.0 Å². The third kappa shape index (κ3) is 2.37. The molecule has 3 nitrogen and oxygen atoms in total. The summed E-state index contributed by atoms with van der Waals surface area (Å²) in [5, 5.41) is 1.24. The normalized spacial score (nSPS) is 11.1. The van der Waals surface area contributed by atoms with Crippen LogP contribution in [0.5, 0.6) is 0 Å². The summed E-state index contributed by atoms with van der Waals surface area (Å²) in [6.07, 6.45) is 2.11. The average molecular weight is 251 g/mol. The molecular weight excluding hydrogens is 234 g/mol. The van der Waals surface area contributed by atoms with Crippen LogP contribution in [-0.4, -0.2) is 9.55 Å². The first-order chi connectivity index (χ1) is 9.26. The second-order valence-corrected chi connectivity index (χ2v) is 4.81. The highest BCUT2D eigenvalue weighted by Crippen LogP contribution is 2.18. The van der Waals surface area contributed by atoms with Crippen molar-refractivity contribution in [1.29, 1.82) is 0 Å². The Morgan fingerprint density at radius 1 is 1.16 bits per heavy atom. The van der Waals surface area contributed by atoms with Gasteiger partial charge in [0.2, 0.25) is 0 Å². The van der Waals surface area contributed by atoms with Crippen molar-refractivity contribution < 1.29 is 0 Å². The van der Waals surface area contributed by atoms with Crippen molar-refractivity contribution in [2.75, 3.05) is 0 Å². The number of rotatable bonds is 3. The van der Waals surface area contributed by atoms with Crippen molar-refractivity contribution in [2.45, 2.75) is 20.0 Å². The van der Waals surface area contributed by atoms with Gasteiger partial charge in [-0.1, -0.05) is 18.2 Å². The number of fused-ring (bicyclic) bond motifs is 1. The van der Waals surface area contributed by atoms with E-state index in [1.165, 1.54) is 10.9 Å². The van der Waals surface area contributed by atoms with Crippen LogP contribution in [0.4, 0.5) is 0 Å². The average Bonchev–Trinajstić information content (AvgIpc) is 2.81. The Kier molecular flexibility index (Phi) is 3.05. The van der Waals surface area contributed by atoms with Crippen LogP contribution in [0, 0.1) is 6.92 Å². The minimum absolute atomic E-state index is 0.573. The first-order valence-corrected chi connectivity index (χ1v) is 6.46. The molecule has 0 amide bonds. The lowest BCUT2D eigenvalue weighted by Crippen LogP contribution is -2.02. The molecule has 19 heavy (non-hydrogen) atoms. The molecule has 0 radical (unpaired) electrons. The summed E-state index contributed by atoms with van der Waals surface area (Å²) in [7, 11) is 0. The molecule has 2 N–H and O–H groups in total. The molecule has 0 atom stereocenters. The molecule has 3 rings (SSSR count). The van der Waals surface area contributed by atoms with Crippen molar-refractivity contribution in [1.82, 2.24) is 9.55 Å². The van der Waals surface area contributed by atoms with Gasteiger partial charge in [-0.3, -0.25) is 4.98 Å². The number of nitrogens with zero attached hydrogens (tertiary/aromatic N) is 2. The van der Waals surface area contributed by atoms with Gasteiger partial charge in [0.1, 0.15) is 0 Å². The number of hydrogen-bond acceptors (Lipinski definition) is 2. The highest BCUT2D eigenvalue weighted by Gasteiger charge is 2.03. The zero-order valence-corrected chi connectivity index (χ0v) is 11.0. The molecule has 0 aliphatic rings. The monoisotopic (exact) mass is 251 g/mol. The van der Waals surface area contributed by atoms with Crippen LogP contribution in [0.1, 0.15) is 17.0 Å². The lowest BCUT2D eigenvalue weighted by atomic mass is 10.1. The number of aromatic nitrogens is 2. The lowest BCUT2D eigenvalue weighted by molar-refractivity contribution is 0.802. The third-order valence-corrected chi connectivity index (χ3v) is 3.35. The molecule has 0 saturated heterocycles. The first-order valence-electron chi connectivity index (χ1n) is 6.46. The molecule has 0 bridgehead atoms. The minimum Gasteiger partial charge on any atom is -0.341 e. The molecule has 0 spiro atoms. The van der Waals surface area contributed by atoms with Gasteiger partial charge in [-0.2, -0.15) is 0 Å². The lowest BCUT2D eigenvalue weighted by Gasteiger charge is -2.07. The molecule has 1 aromatic carbocycles. The van der Waals surface area contributed by atoms with E-state index in [4.69, 9.17) is 5.73 Å². The van der Waals surface area contributed by atoms with Crippen LogP contribution < -0.4 is 5.73 Å². The number of hydrogen-bond donors (Lipinski definition) is 1. The summed E-state index contributed by atoms with van der Waals surface area (Å²) < 4.78 is 2.22. The van der Waals surface area contributed by atoms with E-state index < -0.39 is 0 Å². The van der Waals surface area contributed by atoms with Gasteiger partial charge >= 0.3 is 0 Å². The second-order valence-electron chi connectivity index (χ2n) is 4.81. The fraction of sp³-hybridized carbons (Fsp3) is 0.188. The van der Waals surface area contributed by atoms with Gasteiger partial charge in [-0.15, -0.1) is 0 Å². The van der Waals surface area contributed by atoms with Gasteiger partial charge in [0.15, 0.2) is 0 Å². The van der Waals surface area contributed by atoms with Crippen molar-refractivity contribution in [3.8, 4) is 0 Å². The first kappa shape index (κ1) is 11.9. The van der Waals surface area contributed by atoms with Crippen molar-refractivity contribution >= 4 is 10.9 Å². The van der Waals surface area contributed by atoms with Crippen LogP contribution in [0.3, 0.4) is 0 Å². The number of pyridine rings is 1. The van der Waals surface area contributed by atoms with Gasteiger partial charge in [-0.05, 0) is 42.1 Å². The van der Waals surface area contributed by atoms with E-state index >= 15 is 0 Å². The molecular formula is C16H17N3. The molecule has 0 aliphatic heterocycles. The maximum atomic E-state index is 5.71. The van der Waals surface area contributed by atoms with E-state index in [9.17, 15) is 0 Å². The zero-order valence-electron chi connectivity index (χ0n) is 11.0. The molecule has 0 unspecified atom stereocenters. The number of nitrogens with two attached hydrogens (primary N) is 1. The Hall–Kier alpha value is -2.13. The molecule has 2 aromatic heterocycles. The predicted molar refractivity (Wildman–Crippen MR) is 77.9 cm³/mol. The SMILES string of the molecule is Cc1cccc(Cn2ccc3ccc(CN)cc32)n1. The van der Waals surface area contributed by atoms with E-state index in [1.807, 2.05) is 13.0 Å². The van der Waals surface area contributed by atoms with E-state index in [-0.39, 0.29) is 0 Å². The summed E-state index contributed by atoms with van der Waals surface area (Å²) in [6, 6.07) is 14.6. The summed E-state index contributed by atoms with van der Waals surface area (Å²) in [5.41, 5.74) is 10.2. The highest BCUT2D eigenvalue weighted by molar-refractivity contribution is 5.80. The topological polar surface area (TPSA) is 43.8 Å². The fourth-order valence-electron chi connectivity index (χ4n) is 2.36. The van der Waals surface area contributed by atoms with Gasteiger partial charge in [0.25, 0.3) is 0 Å². The Morgan fingerprint density at radius 3 is 2.84 bits per heavy atom. The maximum absolute atomic E-state index is 5.71. The van der Waals surface area contributed by atoms with Gasteiger partial charge in [0.05, 0.1) is 12.2 Å². The second kappa shape index (κ2) is 4.86. The predicted octanol–water partition coefficient (Wildman–Crippen LogP) is 2.85. The maximum Gasteiger partial charge on any atom is 0.0648 e. The van der Waals surface area contributed by atoms with Crippen molar-refractivity contribution in [3.63, 3.8) is 0 Å². The smallest absolute Gasteiger partial charge is 0.0648 e. The highest BCUT2D eigenvalue weighted by atomic mass is 15.0. The zero-order chi connectivity index (χ0) is 13.2. The molecule has 0 saturated carbocycles. The summed E-state index contributed by atoms with van der Waals surface area (Å²) in [4.78, 5) is 4.55. The largest absolute Gasteiger partial charge is 0.341 e. The standard InChI is InChI=1S/C16H17N3/c1-12-3-2-4-15(18-12)11-19-8-7-14-6-5-13(10-17)9-16(14)19/h2-9H,10-11,17H2,1H3. The van der Waals surface area contributed by atoms with Crippen molar-refractivity contribution in [2.24, 2.45) is 5.73 Å². The summed E-state index contributed by atoms with van der Waals surface area (Å²) in [5.74, 6) is 0. The van der Waals surface area contributed by atoms with Crippen LogP contribution in [0.25, 0.3) is 10.9 Å². The Balaban J connectivity index is 2.00. The molecule has 2 heterocycles. The van der Waals surface area contributed by atoms with Crippen LogP contribution in [-0.2, 0) is 13.1 Å². The third-order valence-electron chi connectivity index (χ3n) is 3.35. The summed E-state index contributed by atoms with van der Waals surface area (Å²) >= 11 is 0. The van der Waals surface area contributed by atoms with Gasteiger partial charge < -0.3 is 10.3 Å².